The fraction of sp³-hybridized carbons (Fsp3) is 0.444. The van der Waals surface area contributed by atoms with Crippen LogP contribution in [-0.2, 0) is 0 Å². The van der Waals surface area contributed by atoms with Crippen molar-refractivity contribution in [2.75, 3.05) is 5.32 Å². The lowest BCUT2D eigenvalue weighted by Gasteiger charge is -2.26. The Bertz CT molecular complexity index is 350. The van der Waals surface area contributed by atoms with Gasteiger partial charge < -0.3 is 15.2 Å². The Kier molecular flexibility index (Phi) is 2.30. The van der Waals surface area contributed by atoms with Gasteiger partial charge in [-0.1, -0.05) is 0 Å². The molecule has 0 saturated heterocycles. The molecule has 14 heavy (non-hydrogen) atoms. The second kappa shape index (κ2) is 3.61. The lowest BCUT2D eigenvalue weighted by molar-refractivity contribution is -0.255. The summed E-state index contributed by atoms with van der Waals surface area (Å²) in [6, 6.07) is 1.83. The van der Waals surface area contributed by atoms with Crippen LogP contribution in [0.2, 0.25) is 0 Å². The molecule has 1 N–H and O–H groups in total. The smallest absolute Gasteiger partial charge is 0.130 e. The highest BCUT2D eigenvalue weighted by atomic mass is 16.4. The van der Waals surface area contributed by atoms with Crippen LogP contribution in [-0.4, -0.2) is 22.0 Å². The van der Waals surface area contributed by atoms with E-state index in [1.54, 1.807) is 0 Å². The summed E-state index contributed by atoms with van der Waals surface area (Å²) in [7, 11) is 0. The molecule has 5 heteroatoms. The summed E-state index contributed by atoms with van der Waals surface area (Å²) in [4.78, 5) is 18.0. The number of aromatic nitrogens is 2. The normalized spacial score (nSPS) is 16.0. The Labute approximate surface area is 81.2 Å². The first-order chi connectivity index (χ1) is 6.75. The fourth-order valence-corrected chi connectivity index (χ4v) is 1.31. The van der Waals surface area contributed by atoms with Crippen molar-refractivity contribution in [3.63, 3.8) is 0 Å². The number of nitrogens with zero attached hydrogens (tertiary/aromatic N) is 2. The molecule has 0 bridgehead atoms. The molecule has 1 saturated carbocycles. The van der Waals surface area contributed by atoms with Crippen molar-refractivity contribution in [3.8, 4) is 0 Å². The number of carbonyl (C=O) groups is 1. The van der Waals surface area contributed by atoms with E-state index in [2.05, 4.69) is 15.3 Å². The lowest BCUT2D eigenvalue weighted by Crippen LogP contribution is -2.28. The average molecular weight is 192 g/mol. The maximum atomic E-state index is 10.5. The second-order valence-electron chi connectivity index (χ2n) is 3.35. The van der Waals surface area contributed by atoms with Gasteiger partial charge in [-0.05, 0) is 19.3 Å². The summed E-state index contributed by atoms with van der Waals surface area (Å²) in [5.41, 5.74) is -0.0816. The zero-order chi connectivity index (χ0) is 9.97. The number of rotatable bonds is 3. The molecule has 0 aliphatic heterocycles. The summed E-state index contributed by atoms with van der Waals surface area (Å²) in [5.74, 6) is -0.715. The van der Waals surface area contributed by atoms with Gasteiger partial charge in [0.05, 0.1) is 11.7 Å². The van der Waals surface area contributed by atoms with Crippen molar-refractivity contribution in [1.82, 2.24) is 9.97 Å². The molecule has 5 nitrogen and oxygen atoms in total. The molecule has 1 aromatic heterocycles. The third-order valence-corrected chi connectivity index (χ3v) is 2.33. The number of carboxylic acid groups (broad SMARTS) is 1. The molecular weight excluding hydrogens is 182 g/mol. The zero-order valence-corrected chi connectivity index (χ0v) is 7.56. The van der Waals surface area contributed by atoms with Crippen molar-refractivity contribution < 1.29 is 9.90 Å². The molecular formula is C9H10N3O2-. The van der Waals surface area contributed by atoms with E-state index < -0.39 is 5.97 Å². The molecule has 2 rings (SSSR count). The first-order valence-corrected chi connectivity index (χ1v) is 4.55. The summed E-state index contributed by atoms with van der Waals surface area (Å²) >= 11 is 0. The number of carbonyl (C=O) groups excluding carboxylic acids is 1. The highest BCUT2D eigenvalue weighted by Crippen LogP contribution is 2.21. The molecule has 1 aromatic rings. The minimum atomic E-state index is -1.27. The van der Waals surface area contributed by atoms with Gasteiger partial charge >= 0.3 is 0 Å². The molecule has 74 valence electrons. The van der Waals surface area contributed by atoms with Crippen LogP contribution in [0.1, 0.15) is 29.8 Å². The van der Waals surface area contributed by atoms with Crippen molar-refractivity contribution >= 4 is 11.8 Å². The number of hydrogen-bond acceptors (Lipinski definition) is 5. The van der Waals surface area contributed by atoms with Gasteiger partial charge in [-0.25, -0.2) is 9.97 Å². The van der Waals surface area contributed by atoms with Gasteiger partial charge in [0.2, 0.25) is 0 Å². The molecule has 1 fully saturated rings. The summed E-state index contributed by atoms with van der Waals surface area (Å²) in [6.07, 6.45) is 4.68. The predicted molar refractivity (Wildman–Crippen MR) is 47.6 cm³/mol. The first kappa shape index (κ1) is 8.93. The molecule has 0 spiro atoms. The van der Waals surface area contributed by atoms with Gasteiger partial charge in [0.15, 0.2) is 0 Å². The minimum absolute atomic E-state index is 0.0816. The topological polar surface area (TPSA) is 77.9 Å². The van der Waals surface area contributed by atoms with Gasteiger partial charge in [0.25, 0.3) is 0 Å². The van der Waals surface area contributed by atoms with Crippen LogP contribution in [0.4, 0.5) is 5.82 Å². The van der Waals surface area contributed by atoms with E-state index in [4.69, 9.17) is 0 Å². The van der Waals surface area contributed by atoms with Crippen LogP contribution in [0.5, 0.6) is 0 Å². The third-order valence-electron chi connectivity index (χ3n) is 2.33. The molecule has 1 heterocycles. The van der Waals surface area contributed by atoms with Gasteiger partial charge in [-0.15, -0.1) is 0 Å². The maximum absolute atomic E-state index is 10.5. The van der Waals surface area contributed by atoms with E-state index in [1.807, 2.05) is 0 Å². The number of anilines is 1. The third kappa shape index (κ3) is 1.81. The molecule has 0 amide bonds. The summed E-state index contributed by atoms with van der Waals surface area (Å²) in [6.45, 7) is 0. The van der Waals surface area contributed by atoms with Crippen molar-refractivity contribution in [2.24, 2.45) is 0 Å². The second-order valence-corrected chi connectivity index (χ2v) is 3.35. The fourth-order valence-electron chi connectivity index (χ4n) is 1.31. The van der Waals surface area contributed by atoms with Gasteiger partial charge in [-0.2, -0.15) is 0 Å². The van der Waals surface area contributed by atoms with E-state index in [-0.39, 0.29) is 5.69 Å². The highest BCUT2D eigenvalue weighted by molar-refractivity contribution is 5.84. The van der Waals surface area contributed by atoms with Gasteiger partial charge in [-0.3, -0.25) is 0 Å². The van der Waals surface area contributed by atoms with E-state index >= 15 is 0 Å². The molecule has 0 radical (unpaired) electrons. The standard InChI is InChI=1S/C9H11N3O2/c13-9(14)7-4-8(11-5-10-7)12-6-2-1-3-6/h4-6H,1-3H2,(H,13,14)(H,10,11,12)/p-1. The predicted octanol–water partition coefficient (Wildman–Crippen LogP) is -0.196. The Morgan fingerprint density at radius 3 is 2.86 bits per heavy atom. The van der Waals surface area contributed by atoms with Crippen LogP contribution in [0.3, 0.4) is 0 Å². The number of carboxylic acids is 1. The number of hydrogen-bond donors (Lipinski definition) is 1. The summed E-state index contributed by atoms with van der Waals surface area (Å²) in [5, 5.41) is 13.6. The van der Waals surface area contributed by atoms with Crippen LogP contribution in [0.15, 0.2) is 12.4 Å². The van der Waals surface area contributed by atoms with E-state index in [9.17, 15) is 9.90 Å². The summed E-state index contributed by atoms with van der Waals surface area (Å²) < 4.78 is 0. The molecule has 0 aromatic carbocycles. The monoisotopic (exact) mass is 192 g/mol. The van der Waals surface area contributed by atoms with Crippen molar-refractivity contribution in [1.29, 1.82) is 0 Å². The van der Waals surface area contributed by atoms with Crippen LogP contribution < -0.4 is 10.4 Å². The number of nitrogens with one attached hydrogen (secondary N) is 1. The SMILES string of the molecule is O=C([O-])c1cc(NC2CCC2)ncn1. The molecule has 1 aliphatic carbocycles. The Morgan fingerprint density at radius 1 is 1.50 bits per heavy atom. The van der Waals surface area contributed by atoms with Crippen molar-refractivity contribution in [3.05, 3.63) is 18.1 Å². The molecule has 1 aliphatic rings. The van der Waals surface area contributed by atoms with Crippen molar-refractivity contribution in [2.45, 2.75) is 25.3 Å². The van der Waals surface area contributed by atoms with Crippen LogP contribution >= 0.6 is 0 Å². The Balaban J connectivity index is 2.09. The Morgan fingerprint density at radius 2 is 2.29 bits per heavy atom. The lowest BCUT2D eigenvalue weighted by atomic mass is 9.93. The zero-order valence-electron chi connectivity index (χ0n) is 7.56. The molecule has 0 atom stereocenters. The van der Waals surface area contributed by atoms with Gasteiger partial charge in [0.1, 0.15) is 12.1 Å². The first-order valence-electron chi connectivity index (χ1n) is 4.55. The minimum Gasteiger partial charge on any atom is -0.543 e. The number of aromatic carboxylic acids is 1. The van der Waals surface area contributed by atoms with E-state index in [1.165, 1.54) is 18.8 Å². The average Bonchev–Trinajstić information content (AvgIpc) is 2.12. The van der Waals surface area contributed by atoms with Gasteiger partial charge in [0, 0.05) is 12.1 Å². The Hall–Kier alpha value is -1.65. The molecule has 0 unspecified atom stereocenters. The van der Waals surface area contributed by atoms with Crippen LogP contribution in [0, 0.1) is 0 Å². The quantitative estimate of drug-likeness (QED) is 0.717. The van der Waals surface area contributed by atoms with E-state index in [0.29, 0.717) is 11.9 Å². The highest BCUT2D eigenvalue weighted by Gasteiger charge is 2.17. The largest absolute Gasteiger partial charge is 0.543 e. The van der Waals surface area contributed by atoms with E-state index in [0.717, 1.165) is 12.8 Å². The maximum Gasteiger partial charge on any atom is 0.130 e. The van der Waals surface area contributed by atoms with Crippen LogP contribution in [0.25, 0.3) is 0 Å².